The van der Waals surface area contributed by atoms with E-state index in [1.54, 1.807) is 25.6 Å². The number of halogens is 1. The molecule has 0 aliphatic heterocycles. The van der Waals surface area contributed by atoms with Gasteiger partial charge in [0.15, 0.2) is 0 Å². The number of hydrogen-bond donors (Lipinski definition) is 1. The smallest absolute Gasteiger partial charge is 0.295 e. The van der Waals surface area contributed by atoms with Gasteiger partial charge in [0.2, 0.25) is 11.8 Å². The van der Waals surface area contributed by atoms with Crippen LogP contribution in [0.25, 0.3) is 17.1 Å². The standard InChI is InChI=1S/C22H20FN5O3S/c1-13-18(21(30)28(27(13)3)17-7-5-4-6-8-17)24-19(29)14(2)32-22-26-25-20(31-22)15-9-11-16(23)12-10-15/h4-12,14H,1-3H3,(H,24,29). The van der Waals surface area contributed by atoms with Crippen LogP contribution in [0.15, 0.2) is 69.0 Å². The molecule has 32 heavy (non-hydrogen) atoms. The van der Waals surface area contributed by atoms with Gasteiger partial charge in [0.25, 0.3) is 10.8 Å². The summed E-state index contributed by atoms with van der Waals surface area (Å²) < 4.78 is 21.9. The van der Waals surface area contributed by atoms with Gasteiger partial charge in [-0.25, -0.2) is 9.07 Å². The molecule has 8 nitrogen and oxygen atoms in total. The van der Waals surface area contributed by atoms with E-state index in [2.05, 4.69) is 15.5 Å². The van der Waals surface area contributed by atoms with Crippen LogP contribution < -0.4 is 10.9 Å². The Labute approximate surface area is 187 Å². The second-order valence-corrected chi connectivity index (χ2v) is 8.36. The number of nitrogens with one attached hydrogen (secondary N) is 1. The van der Waals surface area contributed by atoms with Gasteiger partial charge in [-0.3, -0.25) is 14.3 Å². The average Bonchev–Trinajstić information content (AvgIpc) is 3.33. The first-order chi connectivity index (χ1) is 15.3. The Bertz CT molecular complexity index is 1310. The maximum atomic E-state index is 13.1. The van der Waals surface area contributed by atoms with Crippen LogP contribution in [0.5, 0.6) is 0 Å². The van der Waals surface area contributed by atoms with E-state index in [1.165, 1.54) is 28.9 Å². The number of benzene rings is 2. The van der Waals surface area contributed by atoms with Crippen LogP contribution in [0.3, 0.4) is 0 Å². The Hall–Kier alpha value is -3.66. The highest BCUT2D eigenvalue weighted by Crippen LogP contribution is 2.27. The lowest BCUT2D eigenvalue weighted by molar-refractivity contribution is -0.115. The van der Waals surface area contributed by atoms with Crippen LogP contribution in [0.4, 0.5) is 10.1 Å². The first-order valence-electron chi connectivity index (χ1n) is 9.76. The molecule has 0 bridgehead atoms. The van der Waals surface area contributed by atoms with Gasteiger partial charge in [-0.1, -0.05) is 30.0 Å². The quantitative estimate of drug-likeness (QED) is 0.447. The lowest BCUT2D eigenvalue weighted by atomic mass is 10.2. The van der Waals surface area contributed by atoms with Crippen LogP contribution in [-0.2, 0) is 11.8 Å². The molecular formula is C22H20FN5O3S. The number of anilines is 1. The molecule has 2 aromatic carbocycles. The Morgan fingerprint density at radius 2 is 1.81 bits per heavy atom. The highest BCUT2D eigenvalue weighted by Gasteiger charge is 2.23. The molecule has 0 saturated heterocycles. The average molecular weight is 453 g/mol. The molecule has 2 heterocycles. The van der Waals surface area contributed by atoms with Crippen molar-refractivity contribution in [3.63, 3.8) is 0 Å². The Balaban J connectivity index is 1.49. The number of thioether (sulfide) groups is 1. The second-order valence-electron chi connectivity index (χ2n) is 7.07. The SMILES string of the molecule is Cc1c(NC(=O)C(C)Sc2nnc(-c3ccc(F)cc3)o2)c(=O)n(-c2ccccc2)n1C. The van der Waals surface area contributed by atoms with Crippen molar-refractivity contribution in [3.05, 3.63) is 76.5 Å². The van der Waals surface area contributed by atoms with Crippen molar-refractivity contribution >= 4 is 23.4 Å². The topological polar surface area (TPSA) is 95.0 Å². The van der Waals surface area contributed by atoms with Gasteiger partial charge in [0.1, 0.15) is 11.5 Å². The number of carbonyl (C=O) groups excluding carboxylic acids is 1. The molecule has 4 rings (SSSR count). The summed E-state index contributed by atoms with van der Waals surface area (Å²) in [7, 11) is 1.76. The van der Waals surface area contributed by atoms with E-state index in [4.69, 9.17) is 4.42 Å². The predicted molar refractivity (Wildman–Crippen MR) is 119 cm³/mol. The first kappa shape index (κ1) is 21.6. The summed E-state index contributed by atoms with van der Waals surface area (Å²) in [5.74, 6) is -0.511. The number of carbonyl (C=O) groups is 1. The summed E-state index contributed by atoms with van der Waals surface area (Å²) in [4.78, 5) is 25.7. The van der Waals surface area contributed by atoms with Gasteiger partial charge in [-0.05, 0) is 50.2 Å². The lowest BCUT2D eigenvalue weighted by Gasteiger charge is -2.08. The number of hydrogen-bond acceptors (Lipinski definition) is 6. The molecule has 0 aliphatic carbocycles. The van der Waals surface area contributed by atoms with E-state index in [9.17, 15) is 14.0 Å². The summed E-state index contributed by atoms with van der Waals surface area (Å²) in [6.07, 6.45) is 0. The molecule has 0 fully saturated rings. The third-order valence-corrected chi connectivity index (χ3v) is 5.88. The van der Waals surface area contributed by atoms with Crippen molar-refractivity contribution in [3.8, 4) is 17.1 Å². The summed E-state index contributed by atoms with van der Waals surface area (Å²) in [6, 6.07) is 14.8. The summed E-state index contributed by atoms with van der Waals surface area (Å²) in [5, 5.41) is 10.2. The minimum atomic E-state index is -0.610. The van der Waals surface area contributed by atoms with Crippen LogP contribution in [0.2, 0.25) is 0 Å². The Kier molecular flexibility index (Phi) is 5.95. The van der Waals surface area contributed by atoms with Gasteiger partial charge < -0.3 is 9.73 Å². The molecule has 1 unspecified atom stereocenters. The van der Waals surface area contributed by atoms with Crippen molar-refractivity contribution in [2.75, 3.05) is 5.32 Å². The molecule has 164 valence electrons. The Morgan fingerprint density at radius 1 is 1.12 bits per heavy atom. The minimum absolute atomic E-state index is 0.193. The second kappa shape index (κ2) is 8.83. The van der Waals surface area contributed by atoms with Crippen LogP contribution in [0.1, 0.15) is 12.6 Å². The monoisotopic (exact) mass is 453 g/mol. The summed E-state index contributed by atoms with van der Waals surface area (Å²) >= 11 is 1.07. The highest BCUT2D eigenvalue weighted by atomic mass is 32.2. The fourth-order valence-corrected chi connectivity index (χ4v) is 3.79. The maximum absolute atomic E-state index is 13.1. The van der Waals surface area contributed by atoms with Crippen molar-refractivity contribution in [1.82, 2.24) is 19.6 Å². The number of aromatic nitrogens is 4. The van der Waals surface area contributed by atoms with Crippen LogP contribution >= 0.6 is 11.8 Å². The minimum Gasteiger partial charge on any atom is -0.411 e. The number of para-hydroxylation sites is 1. The predicted octanol–water partition coefficient (Wildman–Crippen LogP) is 3.79. The van der Waals surface area contributed by atoms with Crippen molar-refractivity contribution in [2.45, 2.75) is 24.3 Å². The van der Waals surface area contributed by atoms with E-state index in [1.807, 2.05) is 30.3 Å². The van der Waals surface area contributed by atoms with E-state index < -0.39 is 5.25 Å². The summed E-state index contributed by atoms with van der Waals surface area (Å²) in [6.45, 7) is 3.44. The van der Waals surface area contributed by atoms with Gasteiger partial charge >= 0.3 is 0 Å². The molecular weight excluding hydrogens is 433 g/mol. The molecule has 4 aromatic rings. The molecule has 1 atom stereocenters. The molecule has 10 heteroatoms. The van der Waals surface area contributed by atoms with E-state index in [0.717, 1.165) is 11.8 Å². The molecule has 1 amide bonds. The molecule has 1 N–H and O–H groups in total. The van der Waals surface area contributed by atoms with Crippen molar-refractivity contribution < 1.29 is 13.6 Å². The van der Waals surface area contributed by atoms with Gasteiger partial charge in [0, 0.05) is 12.6 Å². The highest BCUT2D eigenvalue weighted by molar-refractivity contribution is 8.00. The van der Waals surface area contributed by atoms with E-state index >= 15 is 0 Å². The molecule has 0 aliphatic rings. The largest absolute Gasteiger partial charge is 0.411 e. The van der Waals surface area contributed by atoms with E-state index in [-0.39, 0.29) is 34.1 Å². The maximum Gasteiger partial charge on any atom is 0.295 e. The lowest BCUT2D eigenvalue weighted by Crippen LogP contribution is -2.27. The zero-order valence-corrected chi connectivity index (χ0v) is 18.4. The number of amides is 1. The van der Waals surface area contributed by atoms with E-state index in [0.29, 0.717) is 16.9 Å². The molecule has 0 radical (unpaired) electrons. The zero-order chi connectivity index (χ0) is 22.8. The van der Waals surface area contributed by atoms with Gasteiger partial charge in [-0.15, -0.1) is 10.2 Å². The fraction of sp³-hybridized carbons (Fsp3) is 0.182. The first-order valence-corrected chi connectivity index (χ1v) is 10.6. The third kappa shape index (κ3) is 4.22. The third-order valence-electron chi connectivity index (χ3n) is 4.95. The zero-order valence-electron chi connectivity index (χ0n) is 17.6. The van der Waals surface area contributed by atoms with Crippen LogP contribution in [0, 0.1) is 12.7 Å². The molecule has 0 saturated carbocycles. The van der Waals surface area contributed by atoms with Crippen molar-refractivity contribution in [2.24, 2.45) is 7.05 Å². The molecule has 0 spiro atoms. The van der Waals surface area contributed by atoms with Gasteiger partial charge in [0.05, 0.1) is 16.6 Å². The van der Waals surface area contributed by atoms with Gasteiger partial charge in [-0.2, -0.15) is 0 Å². The summed E-state index contributed by atoms with van der Waals surface area (Å²) in [5.41, 5.74) is 1.79. The number of rotatable bonds is 6. The van der Waals surface area contributed by atoms with Crippen molar-refractivity contribution in [1.29, 1.82) is 0 Å². The number of nitrogens with zero attached hydrogens (tertiary/aromatic N) is 4. The fourth-order valence-electron chi connectivity index (χ4n) is 3.11. The normalized spacial score (nSPS) is 12.0. The Morgan fingerprint density at radius 3 is 2.50 bits per heavy atom. The molecule has 2 aromatic heterocycles. The van der Waals surface area contributed by atoms with Crippen LogP contribution in [-0.4, -0.2) is 30.7 Å².